The van der Waals surface area contributed by atoms with Gasteiger partial charge in [0.2, 0.25) is 11.8 Å². The zero-order valence-corrected chi connectivity index (χ0v) is 17.3. The van der Waals surface area contributed by atoms with Gasteiger partial charge in [0.05, 0.1) is 12.7 Å². The molecule has 2 amide bonds. The highest BCUT2D eigenvalue weighted by Gasteiger charge is 2.32. The lowest BCUT2D eigenvalue weighted by atomic mass is 9.98. The molecule has 6 heteroatoms. The number of rotatable bonds is 7. The first kappa shape index (κ1) is 20.3. The third-order valence-corrected chi connectivity index (χ3v) is 5.90. The first-order valence-corrected chi connectivity index (χ1v) is 10.7. The second-order valence-corrected chi connectivity index (χ2v) is 7.98. The van der Waals surface area contributed by atoms with Gasteiger partial charge in [0.25, 0.3) is 0 Å². The van der Waals surface area contributed by atoms with Crippen LogP contribution in [-0.2, 0) is 4.79 Å². The van der Waals surface area contributed by atoms with Gasteiger partial charge in [-0.3, -0.25) is 9.59 Å². The summed E-state index contributed by atoms with van der Waals surface area (Å²) in [5, 5.41) is 0. The van der Waals surface area contributed by atoms with Gasteiger partial charge in [-0.25, -0.2) is 0 Å². The Labute approximate surface area is 177 Å². The Morgan fingerprint density at radius 2 is 1.93 bits per heavy atom. The topological polar surface area (TPSA) is 81.9 Å². The third-order valence-electron chi connectivity index (χ3n) is 5.90. The van der Waals surface area contributed by atoms with Crippen LogP contribution in [0, 0.1) is 0 Å². The van der Waals surface area contributed by atoms with Crippen molar-refractivity contribution in [3.05, 3.63) is 53.6 Å². The Hall–Kier alpha value is -3.02. The molecule has 1 saturated heterocycles. The largest absolute Gasteiger partial charge is 0.490 e. The normalized spacial score (nSPS) is 19.3. The molecule has 0 unspecified atom stereocenters. The molecule has 0 aromatic heterocycles. The maximum atomic E-state index is 12.7. The van der Waals surface area contributed by atoms with E-state index < -0.39 is 5.91 Å². The summed E-state index contributed by atoms with van der Waals surface area (Å²) < 4.78 is 12.0. The Balaban J connectivity index is 1.56. The zero-order chi connectivity index (χ0) is 21.1. The smallest absolute Gasteiger partial charge is 0.248 e. The lowest BCUT2D eigenvalue weighted by Crippen LogP contribution is -2.24. The van der Waals surface area contributed by atoms with E-state index in [1.54, 1.807) is 23.1 Å². The average Bonchev–Trinajstić information content (AvgIpc) is 3.39. The van der Waals surface area contributed by atoms with Crippen LogP contribution in [-0.4, -0.2) is 31.1 Å². The van der Waals surface area contributed by atoms with E-state index in [2.05, 4.69) is 0 Å². The molecule has 0 bridgehead atoms. The minimum absolute atomic E-state index is 0.0359. The SMILES string of the molecule is CCOc1ccc([C@H]2CC(=O)N(c3cccc(C(N)=O)c3)C2)cc1OC1CCCC1. The van der Waals surface area contributed by atoms with Gasteiger partial charge in [0.1, 0.15) is 0 Å². The second kappa shape index (κ2) is 8.78. The molecule has 2 N–H and O–H groups in total. The molecule has 0 radical (unpaired) electrons. The fraction of sp³-hybridized carbons (Fsp3) is 0.417. The predicted molar refractivity (Wildman–Crippen MR) is 115 cm³/mol. The average molecular weight is 408 g/mol. The van der Waals surface area contributed by atoms with E-state index in [0.29, 0.717) is 30.8 Å². The molecule has 158 valence electrons. The Kier molecular flexibility index (Phi) is 5.93. The van der Waals surface area contributed by atoms with Crippen LogP contribution in [0.5, 0.6) is 11.5 Å². The molecular formula is C24H28N2O4. The van der Waals surface area contributed by atoms with Gasteiger partial charge in [-0.1, -0.05) is 12.1 Å². The van der Waals surface area contributed by atoms with E-state index in [1.807, 2.05) is 31.2 Å². The van der Waals surface area contributed by atoms with E-state index in [-0.39, 0.29) is 17.9 Å². The van der Waals surface area contributed by atoms with Crippen LogP contribution >= 0.6 is 0 Å². The fourth-order valence-corrected chi connectivity index (χ4v) is 4.34. The van der Waals surface area contributed by atoms with Crippen LogP contribution in [0.15, 0.2) is 42.5 Å². The number of anilines is 1. The van der Waals surface area contributed by atoms with Crippen molar-refractivity contribution in [1.82, 2.24) is 0 Å². The Morgan fingerprint density at radius 3 is 2.67 bits per heavy atom. The zero-order valence-electron chi connectivity index (χ0n) is 17.3. The molecule has 2 aromatic rings. The number of nitrogens with zero attached hydrogens (tertiary/aromatic N) is 1. The summed E-state index contributed by atoms with van der Waals surface area (Å²) in [4.78, 5) is 25.9. The highest BCUT2D eigenvalue weighted by Crippen LogP contribution is 2.38. The number of amides is 2. The van der Waals surface area contributed by atoms with Crippen molar-refractivity contribution >= 4 is 17.5 Å². The minimum Gasteiger partial charge on any atom is -0.490 e. The first-order valence-electron chi connectivity index (χ1n) is 10.7. The van der Waals surface area contributed by atoms with Crippen LogP contribution in [0.1, 0.15) is 60.9 Å². The quantitative estimate of drug-likeness (QED) is 0.750. The summed E-state index contributed by atoms with van der Waals surface area (Å²) in [5.74, 6) is 1.11. The number of primary amides is 1. The number of carbonyl (C=O) groups is 2. The van der Waals surface area contributed by atoms with Gasteiger partial charge < -0.3 is 20.1 Å². The molecule has 2 aliphatic rings. The second-order valence-electron chi connectivity index (χ2n) is 7.98. The van der Waals surface area contributed by atoms with Crippen LogP contribution in [0.2, 0.25) is 0 Å². The molecule has 1 heterocycles. The summed E-state index contributed by atoms with van der Waals surface area (Å²) in [6.07, 6.45) is 5.19. The number of hydrogen-bond donors (Lipinski definition) is 1. The van der Waals surface area contributed by atoms with Crippen molar-refractivity contribution in [2.75, 3.05) is 18.1 Å². The number of ether oxygens (including phenoxy) is 2. The summed E-state index contributed by atoms with van der Waals surface area (Å²) in [6.45, 7) is 3.09. The van der Waals surface area contributed by atoms with Crippen LogP contribution in [0.25, 0.3) is 0 Å². The summed E-state index contributed by atoms with van der Waals surface area (Å²) in [6, 6.07) is 12.9. The molecule has 1 aliphatic heterocycles. The molecule has 2 fully saturated rings. The number of benzene rings is 2. The van der Waals surface area contributed by atoms with E-state index >= 15 is 0 Å². The number of carbonyl (C=O) groups excluding carboxylic acids is 2. The van der Waals surface area contributed by atoms with Gasteiger partial charge in [-0.15, -0.1) is 0 Å². The highest BCUT2D eigenvalue weighted by molar-refractivity contribution is 5.99. The number of hydrogen-bond acceptors (Lipinski definition) is 4. The van der Waals surface area contributed by atoms with Crippen molar-refractivity contribution in [2.45, 2.75) is 51.0 Å². The molecular weight excluding hydrogens is 380 g/mol. The lowest BCUT2D eigenvalue weighted by Gasteiger charge is -2.20. The van der Waals surface area contributed by atoms with Crippen molar-refractivity contribution in [1.29, 1.82) is 0 Å². The van der Waals surface area contributed by atoms with Crippen LogP contribution in [0.3, 0.4) is 0 Å². The van der Waals surface area contributed by atoms with Gasteiger partial charge in [-0.2, -0.15) is 0 Å². The van der Waals surface area contributed by atoms with E-state index in [4.69, 9.17) is 15.2 Å². The molecule has 1 aliphatic carbocycles. The van der Waals surface area contributed by atoms with Gasteiger partial charge in [-0.05, 0) is 68.5 Å². The Morgan fingerprint density at radius 1 is 1.13 bits per heavy atom. The van der Waals surface area contributed by atoms with Crippen molar-refractivity contribution < 1.29 is 19.1 Å². The van der Waals surface area contributed by atoms with Crippen molar-refractivity contribution in [2.24, 2.45) is 5.73 Å². The summed E-state index contributed by atoms with van der Waals surface area (Å²) in [7, 11) is 0. The Bertz CT molecular complexity index is 937. The van der Waals surface area contributed by atoms with E-state index in [9.17, 15) is 9.59 Å². The maximum Gasteiger partial charge on any atom is 0.248 e. The highest BCUT2D eigenvalue weighted by atomic mass is 16.5. The predicted octanol–water partition coefficient (Wildman–Crippen LogP) is 4.03. The number of nitrogens with two attached hydrogens (primary N) is 1. The van der Waals surface area contributed by atoms with E-state index in [1.165, 1.54) is 12.8 Å². The standard InChI is InChI=1S/C24H28N2O4/c1-2-29-21-11-10-16(13-22(21)30-20-8-3-4-9-20)18-14-23(27)26(15-18)19-7-5-6-17(12-19)24(25)28/h5-7,10-13,18,20H,2-4,8-9,14-15H2,1H3,(H2,25,28)/t18-/m0/s1. The lowest BCUT2D eigenvalue weighted by molar-refractivity contribution is -0.117. The molecule has 2 aromatic carbocycles. The third kappa shape index (κ3) is 4.27. The minimum atomic E-state index is -0.500. The molecule has 6 nitrogen and oxygen atoms in total. The van der Waals surface area contributed by atoms with Crippen molar-refractivity contribution in [3.8, 4) is 11.5 Å². The molecule has 0 spiro atoms. The molecule has 4 rings (SSSR count). The molecule has 30 heavy (non-hydrogen) atoms. The fourth-order valence-electron chi connectivity index (χ4n) is 4.34. The van der Waals surface area contributed by atoms with Gasteiger partial charge in [0.15, 0.2) is 11.5 Å². The maximum absolute atomic E-state index is 12.7. The monoisotopic (exact) mass is 408 g/mol. The van der Waals surface area contributed by atoms with E-state index in [0.717, 1.165) is 29.9 Å². The summed E-state index contributed by atoms with van der Waals surface area (Å²) >= 11 is 0. The molecule has 1 saturated carbocycles. The molecule has 1 atom stereocenters. The summed E-state index contributed by atoms with van der Waals surface area (Å²) in [5.41, 5.74) is 7.55. The van der Waals surface area contributed by atoms with Gasteiger partial charge >= 0.3 is 0 Å². The van der Waals surface area contributed by atoms with Crippen LogP contribution in [0.4, 0.5) is 5.69 Å². The van der Waals surface area contributed by atoms with Crippen molar-refractivity contribution in [3.63, 3.8) is 0 Å². The van der Waals surface area contributed by atoms with Gasteiger partial charge in [0, 0.05) is 30.1 Å². The first-order chi connectivity index (χ1) is 14.5. The van der Waals surface area contributed by atoms with Crippen LogP contribution < -0.4 is 20.1 Å².